The van der Waals surface area contributed by atoms with Crippen molar-refractivity contribution >= 4 is 45.8 Å². The maximum Gasteiger partial charge on any atom is 0.319 e. The van der Waals surface area contributed by atoms with Crippen molar-refractivity contribution in [1.29, 1.82) is 5.26 Å². The Hall–Kier alpha value is -3.84. The summed E-state index contributed by atoms with van der Waals surface area (Å²) in [7, 11) is 3.14. The van der Waals surface area contributed by atoms with Crippen LogP contribution in [0.4, 0.5) is 21.9 Å². The number of hydrogen-bond donors (Lipinski definition) is 3. The average Bonchev–Trinajstić information content (AvgIpc) is 2.90. The Morgan fingerprint density at radius 1 is 1.14 bits per heavy atom. The van der Waals surface area contributed by atoms with Gasteiger partial charge in [-0.25, -0.2) is 4.79 Å². The van der Waals surface area contributed by atoms with Crippen LogP contribution in [0.2, 0.25) is 0 Å². The van der Waals surface area contributed by atoms with Gasteiger partial charge in [-0.1, -0.05) is 0 Å². The van der Waals surface area contributed by atoms with Gasteiger partial charge in [0.25, 0.3) is 0 Å². The summed E-state index contributed by atoms with van der Waals surface area (Å²) in [5.74, 6) is 3.74. The van der Waals surface area contributed by atoms with E-state index in [0.29, 0.717) is 57.4 Å². The van der Waals surface area contributed by atoms with Gasteiger partial charge in [0.05, 0.1) is 43.3 Å². The molecule has 3 aromatic rings. The first-order valence-corrected chi connectivity index (χ1v) is 12.9. The molecule has 0 bridgehead atoms. The van der Waals surface area contributed by atoms with Gasteiger partial charge in [0.1, 0.15) is 11.8 Å². The Balaban J connectivity index is 1.72. The van der Waals surface area contributed by atoms with Gasteiger partial charge in [-0.2, -0.15) is 17.0 Å². The lowest BCUT2D eigenvalue weighted by Gasteiger charge is -2.23. The maximum atomic E-state index is 12.8. The van der Waals surface area contributed by atoms with Gasteiger partial charge in [-0.15, -0.1) is 0 Å². The quantitative estimate of drug-likeness (QED) is 0.377. The number of nitriles is 1. The minimum atomic E-state index is -0.286. The van der Waals surface area contributed by atoms with Crippen LogP contribution in [0.15, 0.2) is 36.5 Å². The van der Waals surface area contributed by atoms with Gasteiger partial charge < -0.3 is 30.2 Å². The highest BCUT2D eigenvalue weighted by Crippen LogP contribution is 2.37. The Morgan fingerprint density at radius 3 is 2.61 bits per heavy atom. The number of aromatic nitrogens is 1. The van der Waals surface area contributed by atoms with E-state index < -0.39 is 0 Å². The summed E-state index contributed by atoms with van der Waals surface area (Å²) in [4.78, 5) is 17.3. The summed E-state index contributed by atoms with van der Waals surface area (Å²) in [5, 5.41) is 19.8. The second kappa shape index (κ2) is 11.7. The van der Waals surface area contributed by atoms with E-state index in [2.05, 4.69) is 27.0 Å². The van der Waals surface area contributed by atoms with Crippen LogP contribution in [0, 0.1) is 11.3 Å². The number of amides is 2. The topological polar surface area (TPSA) is 118 Å². The predicted molar refractivity (Wildman–Crippen MR) is 143 cm³/mol. The Bertz CT molecular complexity index is 1290. The number of carbonyl (C=O) groups is 1. The molecule has 3 N–H and O–H groups in total. The molecular weight excluding hydrogens is 478 g/mol. The van der Waals surface area contributed by atoms with Gasteiger partial charge in [0, 0.05) is 35.4 Å². The summed E-state index contributed by atoms with van der Waals surface area (Å²) >= 11 is 1.90. The molecule has 0 unspecified atom stereocenters. The van der Waals surface area contributed by atoms with Crippen LogP contribution in [0.1, 0.15) is 25.3 Å². The number of ether oxygens (including phenoxy) is 3. The third kappa shape index (κ3) is 5.69. The molecule has 0 saturated carbocycles. The van der Waals surface area contributed by atoms with E-state index in [-0.39, 0.29) is 12.1 Å². The van der Waals surface area contributed by atoms with E-state index >= 15 is 0 Å². The predicted octanol–water partition coefficient (Wildman–Crippen LogP) is 5.28. The van der Waals surface area contributed by atoms with Crippen LogP contribution in [-0.4, -0.2) is 49.4 Å². The van der Waals surface area contributed by atoms with Crippen molar-refractivity contribution in [2.24, 2.45) is 0 Å². The van der Waals surface area contributed by atoms with Gasteiger partial charge >= 0.3 is 6.03 Å². The number of anilines is 3. The van der Waals surface area contributed by atoms with Crippen molar-refractivity contribution in [3.8, 4) is 23.3 Å². The van der Waals surface area contributed by atoms with Crippen molar-refractivity contribution in [3.63, 3.8) is 0 Å². The first-order valence-electron chi connectivity index (χ1n) is 11.7. The molecular formula is C26H29N5O4S. The Morgan fingerprint density at radius 2 is 1.92 bits per heavy atom. The van der Waals surface area contributed by atoms with Gasteiger partial charge in [0.15, 0.2) is 11.5 Å². The molecule has 0 radical (unpaired) electrons. The summed E-state index contributed by atoms with van der Waals surface area (Å²) in [6.45, 7) is 2.30. The molecule has 10 heteroatoms. The van der Waals surface area contributed by atoms with Crippen LogP contribution in [-0.2, 0) is 0 Å². The van der Waals surface area contributed by atoms with Crippen LogP contribution >= 0.6 is 11.8 Å². The van der Waals surface area contributed by atoms with E-state index in [0.717, 1.165) is 24.3 Å². The maximum absolute atomic E-state index is 12.8. The fourth-order valence-corrected chi connectivity index (χ4v) is 5.16. The number of thioether (sulfide) groups is 1. The van der Waals surface area contributed by atoms with E-state index in [1.165, 1.54) is 6.20 Å². The highest BCUT2D eigenvalue weighted by Gasteiger charge is 2.19. The largest absolute Gasteiger partial charge is 0.493 e. The molecule has 0 atom stereocenters. The van der Waals surface area contributed by atoms with Gasteiger partial charge in [0.2, 0.25) is 0 Å². The number of fused-ring (bicyclic) bond motifs is 1. The molecule has 1 saturated heterocycles. The number of rotatable bonds is 8. The molecule has 0 aliphatic carbocycles. The highest BCUT2D eigenvalue weighted by molar-refractivity contribution is 7.99. The van der Waals surface area contributed by atoms with Crippen LogP contribution in [0.5, 0.6) is 17.2 Å². The third-order valence-electron chi connectivity index (χ3n) is 5.85. The number of nitrogens with zero attached hydrogens (tertiary/aromatic N) is 2. The smallest absolute Gasteiger partial charge is 0.319 e. The van der Waals surface area contributed by atoms with Crippen LogP contribution in [0.3, 0.4) is 0 Å². The second-order valence-corrected chi connectivity index (χ2v) is 9.36. The van der Waals surface area contributed by atoms with E-state index in [4.69, 9.17) is 14.2 Å². The molecule has 1 fully saturated rings. The van der Waals surface area contributed by atoms with E-state index in [1.807, 2.05) is 24.8 Å². The normalized spacial score (nSPS) is 13.5. The van der Waals surface area contributed by atoms with Gasteiger partial charge in [-0.3, -0.25) is 4.98 Å². The molecule has 2 amide bonds. The van der Waals surface area contributed by atoms with E-state index in [9.17, 15) is 10.1 Å². The number of carbonyl (C=O) groups excluding carboxylic acids is 1. The van der Waals surface area contributed by atoms with Crippen molar-refractivity contribution in [1.82, 2.24) is 10.3 Å². The summed E-state index contributed by atoms with van der Waals surface area (Å²) < 4.78 is 16.5. The number of urea groups is 1. The number of methoxy groups -OCH3 is 2. The molecule has 2 heterocycles. The second-order valence-electron chi connectivity index (χ2n) is 8.14. The SMILES string of the molecule is CCOc1cc2ncc(C#N)c(Nc3ccc(OC)c(OC)c3)c2cc1NC(=O)NC1CCSCC1. The summed E-state index contributed by atoms with van der Waals surface area (Å²) in [6.07, 6.45) is 3.41. The molecule has 4 rings (SSSR count). The fraction of sp³-hybridized carbons (Fsp3) is 0.346. The number of hydrogen-bond acceptors (Lipinski definition) is 8. The molecule has 9 nitrogen and oxygen atoms in total. The van der Waals surface area contributed by atoms with Crippen molar-refractivity contribution in [2.75, 3.05) is 43.0 Å². The van der Waals surface area contributed by atoms with Crippen molar-refractivity contribution < 1.29 is 19.0 Å². The minimum absolute atomic E-state index is 0.149. The van der Waals surface area contributed by atoms with Crippen LogP contribution in [0.25, 0.3) is 10.9 Å². The highest BCUT2D eigenvalue weighted by atomic mass is 32.2. The van der Waals surface area contributed by atoms with Crippen molar-refractivity contribution in [2.45, 2.75) is 25.8 Å². The Kier molecular flexibility index (Phi) is 8.23. The zero-order valence-electron chi connectivity index (χ0n) is 20.5. The summed E-state index contributed by atoms with van der Waals surface area (Å²) in [6, 6.07) is 11.0. The number of nitrogens with one attached hydrogen (secondary N) is 3. The third-order valence-corrected chi connectivity index (χ3v) is 6.90. The standard InChI is InChI=1S/C26H29N5O4S/c1-4-35-23-13-20-19(12-21(23)31-26(32)30-17-7-9-36-10-8-17)25(16(14-27)15-28-20)29-18-5-6-22(33-2)24(11-18)34-3/h5-6,11-13,15,17H,4,7-10H2,1-3H3,(H,28,29)(H2,30,31,32). The van der Waals surface area contributed by atoms with E-state index in [1.54, 1.807) is 38.5 Å². The van der Waals surface area contributed by atoms with Gasteiger partial charge in [-0.05, 0) is 49.5 Å². The summed E-state index contributed by atoms with van der Waals surface area (Å²) in [5.41, 5.74) is 2.74. The average molecular weight is 508 g/mol. The lowest BCUT2D eigenvalue weighted by molar-refractivity contribution is 0.247. The molecule has 2 aromatic carbocycles. The molecule has 36 heavy (non-hydrogen) atoms. The zero-order valence-corrected chi connectivity index (χ0v) is 21.3. The first-order chi connectivity index (χ1) is 17.6. The molecule has 188 valence electrons. The molecule has 1 aliphatic heterocycles. The first kappa shape index (κ1) is 25.3. The molecule has 1 aliphatic rings. The van der Waals surface area contributed by atoms with Crippen molar-refractivity contribution in [3.05, 3.63) is 42.1 Å². The van der Waals surface area contributed by atoms with Crippen LogP contribution < -0.4 is 30.2 Å². The fourth-order valence-electron chi connectivity index (χ4n) is 4.06. The minimum Gasteiger partial charge on any atom is -0.493 e. The molecule has 1 aromatic heterocycles. The number of pyridine rings is 1. The lowest BCUT2D eigenvalue weighted by Crippen LogP contribution is -2.40. The Labute approximate surface area is 214 Å². The lowest BCUT2D eigenvalue weighted by atomic mass is 10.1. The number of benzene rings is 2. The monoisotopic (exact) mass is 507 g/mol. The molecule has 0 spiro atoms. The zero-order chi connectivity index (χ0) is 25.5.